The molecule has 1 atom stereocenters. The first-order valence-electron chi connectivity index (χ1n) is 7.12. The van der Waals surface area contributed by atoms with Crippen molar-refractivity contribution in [3.63, 3.8) is 0 Å². The van der Waals surface area contributed by atoms with Crippen molar-refractivity contribution >= 4 is 11.6 Å². The molecule has 0 bridgehead atoms. The maximum Gasteiger partial charge on any atom is 0.255 e. The lowest BCUT2D eigenvalue weighted by Gasteiger charge is -2.23. The first kappa shape index (κ1) is 14.7. The average Bonchev–Trinajstić information content (AvgIpc) is 2.91. The SMILES string of the molecule is CCN1CCCC1CNC(=O)c1cccc(N)c1OC. The summed E-state index contributed by atoms with van der Waals surface area (Å²) in [4.78, 5) is 14.7. The van der Waals surface area contributed by atoms with E-state index < -0.39 is 0 Å². The summed E-state index contributed by atoms with van der Waals surface area (Å²) >= 11 is 0. The van der Waals surface area contributed by atoms with Crippen molar-refractivity contribution in [1.82, 2.24) is 10.2 Å². The largest absolute Gasteiger partial charge is 0.494 e. The molecule has 3 N–H and O–H groups in total. The molecular formula is C15H23N3O2. The van der Waals surface area contributed by atoms with Crippen molar-refractivity contribution in [3.05, 3.63) is 23.8 Å². The van der Waals surface area contributed by atoms with Gasteiger partial charge in [0.05, 0.1) is 18.4 Å². The molecule has 1 aromatic carbocycles. The molecule has 110 valence electrons. The fourth-order valence-electron chi connectivity index (χ4n) is 2.81. The third kappa shape index (κ3) is 3.04. The average molecular weight is 277 g/mol. The molecule has 1 fully saturated rings. The van der Waals surface area contributed by atoms with E-state index in [1.54, 1.807) is 18.2 Å². The Bertz CT molecular complexity index is 476. The van der Waals surface area contributed by atoms with Crippen LogP contribution in [0.25, 0.3) is 0 Å². The van der Waals surface area contributed by atoms with Gasteiger partial charge in [-0.25, -0.2) is 0 Å². The fourth-order valence-corrected chi connectivity index (χ4v) is 2.81. The number of para-hydroxylation sites is 1. The number of nitrogens with two attached hydrogens (primary N) is 1. The third-order valence-corrected chi connectivity index (χ3v) is 3.90. The molecule has 1 unspecified atom stereocenters. The van der Waals surface area contributed by atoms with Gasteiger partial charge in [0.15, 0.2) is 5.75 Å². The van der Waals surface area contributed by atoms with Crippen LogP contribution in [-0.2, 0) is 0 Å². The van der Waals surface area contributed by atoms with Crippen LogP contribution >= 0.6 is 0 Å². The van der Waals surface area contributed by atoms with Crippen molar-refractivity contribution in [3.8, 4) is 5.75 Å². The molecular weight excluding hydrogens is 254 g/mol. The van der Waals surface area contributed by atoms with Crippen LogP contribution in [0, 0.1) is 0 Å². The summed E-state index contributed by atoms with van der Waals surface area (Å²) in [5.41, 5.74) is 6.79. The third-order valence-electron chi connectivity index (χ3n) is 3.90. The van der Waals surface area contributed by atoms with Gasteiger partial charge in [-0.1, -0.05) is 13.0 Å². The molecule has 0 radical (unpaired) electrons. The second-order valence-corrected chi connectivity index (χ2v) is 5.06. The van der Waals surface area contributed by atoms with Gasteiger partial charge < -0.3 is 15.8 Å². The van der Waals surface area contributed by atoms with E-state index in [-0.39, 0.29) is 5.91 Å². The number of likely N-dealkylation sites (N-methyl/N-ethyl adjacent to an activating group) is 1. The zero-order chi connectivity index (χ0) is 14.5. The van der Waals surface area contributed by atoms with Gasteiger partial charge in [-0.15, -0.1) is 0 Å². The summed E-state index contributed by atoms with van der Waals surface area (Å²) in [6, 6.07) is 5.67. The normalized spacial score (nSPS) is 19.0. The van der Waals surface area contributed by atoms with Gasteiger partial charge in [0.1, 0.15) is 0 Å². The highest BCUT2D eigenvalue weighted by Gasteiger charge is 2.24. The predicted molar refractivity (Wildman–Crippen MR) is 80.0 cm³/mol. The number of nitrogens with zero attached hydrogens (tertiary/aromatic N) is 1. The van der Waals surface area contributed by atoms with Crippen LogP contribution in [0.1, 0.15) is 30.1 Å². The van der Waals surface area contributed by atoms with Crippen molar-refractivity contribution in [2.24, 2.45) is 0 Å². The van der Waals surface area contributed by atoms with E-state index >= 15 is 0 Å². The Balaban J connectivity index is 2.00. The van der Waals surface area contributed by atoms with Gasteiger partial charge in [-0.3, -0.25) is 9.69 Å². The van der Waals surface area contributed by atoms with Gasteiger partial charge in [-0.2, -0.15) is 0 Å². The van der Waals surface area contributed by atoms with Crippen molar-refractivity contribution in [2.45, 2.75) is 25.8 Å². The fraction of sp³-hybridized carbons (Fsp3) is 0.533. The number of nitrogens with one attached hydrogen (secondary N) is 1. The summed E-state index contributed by atoms with van der Waals surface area (Å²) in [5, 5.41) is 2.99. The highest BCUT2D eigenvalue weighted by atomic mass is 16.5. The van der Waals surface area contributed by atoms with Crippen molar-refractivity contribution in [1.29, 1.82) is 0 Å². The van der Waals surface area contributed by atoms with Gasteiger partial charge >= 0.3 is 0 Å². The summed E-state index contributed by atoms with van der Waals surface area (Å²) in [5.74, 6) is 0.320. The number of anilines is 1. The molecule has 0 saturated carbocycles. The minimum Gasteiger partial charge on any atom is -0.494 e. The smallest absolute Gasteiger partial charge is 0.255 e. The Morgan fingerprint density at radius 1 is 1.55 bits per heavy atom. The maximum atomic E-state index is 12.3. The zero-order valence-corrected chi connectivity index (χ0v) is 12.2. The second kappa shape index (κ2) is 6.61. The molecule has 5 nitrogen and oxygen atoms in total. The number of methoxy groups -OCH3 is 1. The van der Waals surface area contributed by atoms with E-state index in [9.17, 15) is 4.79 Å². The van der Waals surface area contributed by atoms with E-state index in [1.807, 2.05) is 0 Å². The maximum absolute atomic E-state index is 12.3. The first-order chi connectivity index (χ1) is 9.67. The molecule has 1 aromatic rings. The van der Waals surface area contributed by atoms with Gasteiger partial charge in [0.2, 0.25) is 0 Å². The Labute approximate surface area is 120 Å². The molecule has 0 aliphatic carbocycles. The number of nitrogen functional groups attached to an aromatic ring is 1. The lowest BCUT2D eigenvalue weighted by atomic mass is 10.1. The van der Waals surface area contributed by atoms with Crippen LogP contribution in [0.4, 0.5) is 5.69 Å². The number of rotatable bonds is 5. The van der Waals surface area contributed by atoms with Crippen LogP contribution in [0.2, 0.25) is 0 Å². The van der Waals surface area contributed by atoms with E-state index in [0.29, 0.717) is 29.6 Å². The molecule has 20 heavy (non-hydrogen) atoms. The predicted octanol–water partition coefficient (Wildman–Crippen LogP) is 1.49. The lowest BCUT2D eigenvalue weighted by Crippen LogP contribution is -2.40. The summed E-state index contributed by atoms with van der Waals surface area (Å²) in [7, 11) is 1.53. The topological polar surface area (TPSA) is 67.6 Å². The van der Waals surface area contributed by atoms with Crippen LogP contribution in [-0.4, -0.2) is 43.6 Å². The lowest BCUT2D eigenvalue weighted by molar-refractivity contribution is 0.0938. The highest BCUT2D eigenvalue weighted by Crippen LogP contribution is 2.25. The standard InChI is InChI=1S/C15H23N3O2/c1-3-18-9-5-6-11(18)10-17-15(19)12-7-4-8-13(16)14(12)20-2/h4,7-8,11H,3,5-6,9-10,16H2,1-2H3,(H,17,19). The number of ether oxygens (including phenoxy) is 1. The molecule has 1 aliphatic rings. The molecule has 5 heteroatoms. The molecule has 1 heterocycles. The first-order valence-corrected chi connectivity index (χ1v) is 7.12. The summed E-state index contributed by atoms with van der Waals surface area (Å²) in [6.07, 6.45) is 2.35. The van der Waals surface area contributed by atoms with Gasteiger partial charge in [-0.05, 0) is 38.1 Å². The summed E-state index contributed by atoms with van der Waals surface area (Å²) < 4.78 is 5.22. The number of carbonyl (C=O) groups is 1. The van der Waals surface area contributed by atoms with Gasteiger partial charge in [0.25, 0.3) is 5.91 Å². The van der Waals surface area contributed by atoms with E-state index in [1.165, 1.54) is 13.5 Å². The number of benzene rings is 1. The Morgan fingerprint density at radius 3 is 3.05 bits per heavy atom. The van der Waals surface area contributed by atoms with Crippen molar-refractivity contribution < 1.29 is 9.53 Å². The Morgan fingerprint density at radius 2 is 2.35 bits per heavy atom. The highest BCUT2D eigenvalue weighted by molar-refractivity contribution is 5.98. The minimum absolute atomic E-state index is 0.128. The molecule has 1 saturated heterocycles. The van der Waals surface area contributed by atoms with Crippen LogP contribution < -0.4 is 15.8 Å². The van der Waals surface area contributed by atoms with Gasteiger partial charge in [0, 0.05) is 12.6 Å². The van der Waals surface area contributed by atoms with E-state index in [0.717, 1.165) is 19.5 Å². The number of likely N-dealkylation sites (tertiary alicyclic amines) is 1. The molecule has 1 amide bonds. The van der Waals surface area contributed by atoms with Crippen LogP contribution in [0.5, 0.6) is 5.75 Å². The zero-order valence-electron chi connectivity index (χ0n) is 12.2. The quantitative estimate of drug-likeness (QED) is 0.800. The monoisotopic (exact) mass is 277 g/mol. The minimum atomic E-state index is -0.128. The second-order valence-electron chi connectivity index (χ2n) is 5.06. The number of carbonyl (C=O) groups excluding carboxylic acids is 1. The number of hydrogen-bond donors (Lipinski definition) is 2. The van der Waals surface area contributed by atoms with Crippen LogP contribution in [0.15, 0.2) is 18.2 Å². The summed E-state index contributed by atoms with van der Waals surface area (Å²) in [6.45, 7) is 4.98. The van der Waals surface area contributed by atoms with Crippen molar-refractivity contribution in [2.75, 3.05) is 32.5 Å². The number of hydrogen-bond acceptors (Lipinski definition) is 4. The van der Waals surface area contributed by atoms with E-state index in [4.69, 9.17) is 10.5 Å². The molecule has 1 aliphatic heterocycles. The van der Waals surface area contributed by atoms with E-state index in [2.05, 4.69) is 17.1 Å². The number of amides is 1. The van der Waals surface area contributed by atoms with Crippen LogP contribution in [0.3, 0.4) is 0 Å². The molecule has 0 spiro atoms. The Kier molecular flexibility index (Phi) is 4.84. The Hall–Kier alpha value is -1.75. The molecule has 2 rings (SSSR count). The molecule has 0 aromatic heterocycles.